The molecule has 2 bridgehead atoms. The van der Waals surface area contributed by atoms with Gasteiger partial charge in [-0.05, 0) is 48.1 Å². The van der Waals surface area contributed by atoms with Gasteiger partial charge in [0.25, 0.3) is 0 Å². The Morgan fingerprint density at radius 2 is 2.10 bits per heavy atom. The molecule has 6 N–H and O–H groups in total. The monoisotopic (exact) mass is 432 g/mol. The summed E-state index contributed by atoms with van der Waals surface area (Å²) in [5, 5.41) is 5.94. The van der Waals surface area contributed by atoms with Crippen LogP contribution in [0.2, 0.25) is 5.28 Å². The first-order valence-corrected chi connectivity index (χ1v) is 10.1. The molecule has 1 aromatic carbocycles. The second kappa shape index (κ2) is 8.06. The Hall–Kier alpha value is -2.94. The van der Waals surface area contributed by atoms with Crippen LogP contribution >= 0.6 is 11.6 Å². The number of fused-ring (bicyclic) bond motifs is 2. The van der Waals surface area contributed by atoms with Gasteiger partial charge >= 0.3 is 0 Å². The van der Waals surface area contributed by atoms with Gasteiger partial charge in [0.15, 0.2) is 11.6 Å². The number of primary amides is 1. The number of carbonyl (C=O) groups is 2. The van der Waals surface area contributed by atoms with Crippen molar-refractivity contribution in [2.45, 2.75) is 31.3 Å². The Morgan fingerprint density at radius 3 is 2.83 bits per heavy atom. The smallest absolute Gasteiger partial charge is 0.224 e. The zero-order valence-corrected chi connectivity index (χ0v) is 16.8. The highest BCUT2D eigenvalue weighted by Gasteiger charge is 2.55. The molecule has 8 nitrogen and oxygen atoms in total. The molecule has 158 valence electrons. The maximum atomic E-state index is 14.1. The summed E-state index contributed by atoms with van der Waals surface area (Å²) in [4.78, 5) is 32.1. The van der Waals surface area contributed by atoms with E-state index in [2.05, 4.69) is 20.6 Å². The van der Waals surface area contributed by atoms with Crippen LogP contribution in [0.15, 0.2) is 30.5 Å². The number of nitrogen functional groups attached to an aromatic ring is 1. The van der Waals surface area contributed by atoms with E-state index >= 15 is 0 Å². The number of carbonyl (C=O) groups excluding carboxylic acids is 2. The average molecular weight is 433 g/mol. The second-order valence-corrected chi connectivity index (χ2v) is 8.26. The van der Waals surface area contributed by atoms with E-state index in [4.69, 9.17) is 23.1 Å². The van der Waals surface area contributed by atoms with E-state index in [0.29, 0.717) is 18.5 Å². The molecule has 1 unspecified atom stereocenters. The highest BCUT2D eigenvalue weighted by atomic mass is 35.5. The molecule has 1 heterocycles. The zero-order chi connectivity index (χ0) is 21.4. The van der Waals surface area contributed by atoms with Gasteiger partial charge in [-0.25, -0.2) is 9.37 Å². The van der Waals surface area contributed by atoms with Crippen LogP contribution in [-0.2, 0) is 16.0 Å². The molecular weight excluding hydrogens is 411 g/mol. The highest BCUT2D eigenvalue weighted by molar-refractivity contribution is 6.28. The number of nitrogens with zero attached hydrogens (tertiary/aromatic N) is 2. The summed E-state index contributed by atoms with van der Waals surface area (Å²) in [6, 6.07) is 6.54. The molecule has 2 saturated carbocycles. The van der Waals surface area contributed by atoms with E-state index in [1.54, 1.807) is 18.2 Å². The molecule has 10 heteroatoms. The largest absolute Gasteiger partial charge is 0.399 e. The van der Waals surface area contributed by atoms with Crippen LogP contribution < -0.4 is 22.1 Å². The molecule has 4 rings (SSSR count). The number of hydrogen-bond donors (Lipinski definition) is 4. The van der Waals surface area contributed by atoms with Crippen LogP contribution in [0.4, 0.5) is 15.9 Å². The number of halogens is 2. The summed E-state index contributed by atoms with van der Waals surface area (Å²) in [6.45, 7) is 0. The van der Waals surface area contributed by atoms with E-state index in [0.717, 1.165) is 11.8 Å². The minimum atomic E-state index is -0.673. The van der Waals surface area contributed by atoms with Gasteiger partial charge in [-0.1, -0.05) is 12.1 Å². The number of rotatable bonds is 6. The lowest BCUT2D eigenvalue weighted by molar-refractivity contribution is -0.123. The predicted molar refractivity (Wildman–Crippen MR) is 110 cm³/mol. The van der Waals surface area contributed by atoms with Gasteiger partial charge in [-0.3, -0.25) is 9.59 Å². The van der Waals surface area contributed by atoms with E-state index in [9.17, 15) is 14.0 Å². The fraction of sp³-hybridized carbons (Fsp3) is 0.400. The summed E-state index contributed by atoms with van der Waals surface area (Å²) in [5.74, 6) is -1.91. The van der Waals surface area contributed by atoms with Crippen molar-refractivity contribution in [3.8, 4) is 0 Å². The molecule has 1 aromatic heterocycles. The lowest BCUT2D eigenvalue weighted by atomic mass is 9.81. The van der Waals surface area contributed by atoms with Crippen molar-refractivity contribution in [3.63, 3.8) is 0 Å². The van der Waals surface area contributed by atoms with Gasteiger partial charge in [-0.2, -0.15) is 4.98 Å². The first kappa shape index (κ1) is 20.3. The number of benzene rings is 1. The molecule has 2 amide bonds. The van der Waals surface area contributed by atoms with Gasteiger partial charge in [0.05, 0.1) is 18.5 Å². The van der Waals surface area contributed by atoms with Gasteiger partial charge in [-0.15, -0.1) is 0 Å². The minimum Gasteiger partial charge on any atom is -0.399 e. The molecule has 2 aliphatic rings. The molecule has 30 heavy (non-hydrogen) atoms. The van der Waals surface area contributed by atoms with Crippen LogP contribution in [-0.4, -0.2) is 33.9 Å². The number of nitrogens with one attached hydrogen (secondary N) is 2. The quantitative estimate of drug-likeness (QED) is 0.403. The number of aromatic nitrogens is 2. The zero-order valence-electron chi connectivity index (χ0n) is 16.0. The van der Waals surface area contributed by atoms with E-state index in [-0.39, 0.29) is 41.3 Å². The van der Waals surface area contributed by atoms with Crippen molar-refractivity contribution in [1.29, 1.82) is 0 Å². The van der Waals surface area contributed by atoms with Crippen LogP contribution in [0.1, 0.15) is 18.4 Å². The van der Waals surface area contributed by atoms with Gasteiger partial charge in [0.2, 0.25) is 17.1 Å². The Morgan fingerprint density at radius 1 is 1.30 bits per heavy atom. The summed E-state index contributed by atoms with van der Waals surface area (Å²) < 4.78 is 14.1. The summed E-state index contributed by atoms with van der Waals surface area (Å²) >= 11 is 5.78. The Kier molecular flexibility index (Phi) is 5.46. The highest BCUT2D eigenvalue weighted by Crippen LogP contribution is 2.49. The Balaban J connectivity index is 1.48. The number of nitrogens with two attached hydrogens (primary N) is 2. The van der Waals surface area contributed by atoms with E-state index in [1.165, 1.54) is 0 Å². The second-order valence-electron chi connectivity index (χ2n) is 7.93. The predicted octanol–water partition coefficient (Wildman–Crippen LogP) is 1.50. The maximum Gasteiger partial charge on any atom is 0.224 e. The van der Waals surface area contributed by atoms with E-state index < -0.39 is 23.7 Å². The molecule has 2 aliphatic carbocycles. The molecule has 0 spiro atoms. The molecule has 5 atom stereocenters. The number of anilines is 2. The third-order valence-electron chi connectivity index (χ3n) is 6.01. The van der Waals surface area contributed by atoms with Crippen LogP contribution in [0.3, 0.4) is 0 Å². The standard InChI is InChI=1S/C20H22ClFN6O2/c21-20-25-8-13(22)19(28-20)27-17-12-6-10(16(17)18(24)30)7-14(12)26-15(29)5-9-2-1-3-11(23)4-9/h1-4,8,10,12,14,16-17H,5-7,23H2,(H2,24,30)(H,26,29)(H,25,27,28)/t10-,12+,14?,16-,17+/m0/s1. The van der Waals surface area contributed by atoms with Crippen molar-refractivity contribution in [2.24, 2.45) is 23.5 Å². The molecule has 0 radical (unpaired) electrons. The topological polar surface area (TPSA) is 136 Å². The van der Waals surface area contributed by atoms with Crippen molar-refractivity contribution >= 4 is 34.9 Å². The fourth-order valence-electron chi connectivity index (χ4n) is 4.88. The first-order valence-electron chi connectivity index (χ1n) is 9.69. The molecule has 0 saturated heterocycles. The first-order chi connectivity index (χ1) is 14.3. The molecule has 0 aliphatic heterocycles. The van der Waals surface area contributed by atoms with Crippen LogP contribution in [0.5, 0.6) is 0 Å². The van der Waals surface area contributed by atoms with Crippen molar-refractivity contribution in [3.05, 3.63) is 47.1 Å². The maximum absolute atomic E-state index is 14.1. The molecular formula is C20H22ClFN6O2. The lowest BCUT2D eigenvalue weighted by Crippen LogP contribution is -2.52. The van der Waals surface area contributed by atoms with Crippen LogP contribution in [0.25, 0.3) is 0 Å². The molecule has 2 fully saturated rings. The minimum absolute atomic E-state index is 0.00281. The SMILES string of the molecule is NC(=O)[C@H]1[C@@H]2CC(NC(=O)Cc3cccc(N)c3)[C@@H](C2)[C@H]1Nc1nc(Cl)ncc1F. The summed E-state index contributed by atoms with van der Waals surface area (Å²) in [6.07, 6.45) is 2.52. The fourth-order valence-corrected chi connectivity index (χ4v) is 5.02. The van der Waals surface area contributed by atoms with Crippen molar-refractivity contribution in [2.75, 3.05) is 11.1 Å². The normalized spacial score (nSPS) is 27.1. The third kappa shape index (κ3) is 4.02. The van der Waals surface area contributed by atoms with E-state index in [1.807, 2.05) is 6.07 Å². The van der Waals surface area contributed by atoms with Crippen LogP contribution in [0, 0.1) is 23.6 Å². The number of amides is 2. The summed E-state index contributed by atoms with van der Waals surface area (Å²) in [5.41, 5.74) is 12.8. The van der Waals surface area contributed by atoms with Crippen molar-refractivity contribution in [1.82, 2.24) is 15.3 Å². The third-order valence-corrected chi connectivity index (χ3v) is 6.20. The summed E-state index contributed by atoms with van der Waals surface area (Å²) in [7, 11) is 0. The van der Waals surface area contributed by atoms with Gasteiger partial charge in [0.1, 0.15) is 0 Å². The Bertz CT molecular complexity index is 990. The van der Waals surface area contributed by atoms with Crippen molar-refractivity contribution < 1.29 is 14.0 Å². The Labute approximate surface area is 177 Å². The molecule has 2 aromatic rings. The van der Waals surface area contributed by atoms with Gasteiger partial charge in [0, 0.05) is 23.7 Å². The lowest BCUT2D eigenvalue weighted by Gasteiger charge is -2.35. The number of hydrogen-bond acceptors (Lipinski definition) is 6. The van der Waals surface area contributed by atoms with Gasteiger partial charge < -0.3 is 22.1 Å². The average Bonchev–Trinajstić information content (AvgIpc) is 3.22.